The normalized spacial score (nSPS) is 11.3. The summed E-state index contributed by atoms with van der Waals surface area (Å²) in [5.41, 5.74) is 3.07. The molecular weight excluding hydrogens is 498 g/mol. The Morgan fingerprint density at radius 2 is 2.00 bits per heavy atom. The molecule has 0 bridgehead atoms. The number of aryl methyl sites for hydroxylation is 1. The summed E-state index contributed by atoms with van der Waals surface area (Å²) in [5, 5.41) is 14.6. The highest BCUT2D eigenvalue weighted by atomic mass is 79.9. The van der Waals surface area contributed by atoms with Gasteiger partial charge in [0.25, 0.3) is 0 Å². The largest absolute Gasteiger partial charge is 0.446 e. The summed E-state index contributed by atoms with van der Waals surface area (Å²) in [5.74, 6) is 1.31. The summed E-state index contributed by atoms with van der Waals surface area (Å²) < 4.78 is 8.21. The molecule has 7 nitrogen and oxygen atoms in total. The van der Waals surface area contributed by atoms with Crippen molar-refractivity contribution in [2.24, 2.45) is 0 Å². The monoisotopic (exact) mass is 517 g/mol. The van der Waals surface area contributed by atoms with E-state index in [0.29, 0.717) is 26.5 Å². The minimum Gasteiger partial charge on any atom is -0.446 e. The van der Waals surface area contributed by atoms with E-state index in [2.05, 4.69) is 36.4 Å². The van der Waals surface area contributed by atoms with Gasteiger partial charge in [0.05, 0.1) is 11.4 Å². The average Bonchev–Trinajstić information content (AvgIpc) is 3.46. The molecule has 0 unspecified atom stereocenters. The SMILES string of the molecule is Cc1ccc(-c2csc(NC(=O)CSc3nnc(-c4ccc(Br)o4)n3C(C)C)n2)cc1. The molecule has 0 aliphatic rings. The first-order valence-corrected chi connectivity index (χ1v) is 12.2. The van der Waals surface area contributed by atoms with Gasteiger partial charge in [0.15, 0.2) is 20.7 Å². The summed E-state index contributed by atoms with van der Waals surface area (Å²) in [7, 11) is 0. The number of thioether (sulfide) groups is 1. The van der Waals surface area contributed by atoms with Crippen LogP contribution in [-0.4, -0.2) is 31.4 Å². The van der Waals surface area contributed by atoms with Crippen LogP contribution in [0.15, 0.2) is 56.0 Å². The van der Waals surface area contributed by atoms with Gasteiger partial charge in [0.2, 0.25) is 11.7 Å². The lowest BCUT2D eigenvalue weighted by atomic mass is 10.1. The van der Waals surface area contributed by atoms with Crippen molar-refractivity contribution in [2.75, 3.05) is 11.1 Å². The van der Waals surface area contributed by atoms with Gasteiger partial charge < -0.3 is 9.73 Å². The molecule has 0 aliphatic heterocycles. The molecule has 1 amide bonds. The van der Waals surface area contributed by atoms with Gasteiger partial charge in [0.1, 0.15) is 0 Å². The van der Waals surface area contributed by atoms with Crippen molar-refractivity contribution in [1.29, 1.82) is 0 Å². The Bertz CT molecular complexity index is 1200. The lowest BCUT2D eigenvalue weighted by Crippen LogP contribution is -2.15. The number of furan rings is 1. The van der Waals surface area contributed by atoms with E-state index in [0.717, 1.165) is 11.3 Å². The number of amides is 1. The van der Waals surface area contributed by atoms with E-state index in [1.807, 2.05) is 67.1 Å². The Labute approximate surface area is 196 Å². The molecule has 0 saturated heterocycles. The van der Waals surface area contributed by atoms with Gasteiger partial charge in [0, 0.05) is 17.0 Å². The number of nitrogens with one attached hydrogen (secondary N) is 1. The maximum Gasteiger partial charge on any atom is 0.236 e. The zero-order valence-electron chi connectivity index (χ0n) is 17.1. The second-order valence-electron chi connectivity index (χ2n) is 7.11. The first kappa shape index (κ1) is 21.8. The van der Waals surface area contributed by atoms with E-state index in [1.54, 1.807) is 0 Å². The van der Waals surface area contributed by atoms with E-state index in [4.69, 9.17) is 4.42 Å². The van der Waals surface area contributed by atoms with E-state index in [-0.39, 0.29) is 17.7 Å². The van der Waals surface area contributed by atoms with Crippen LogP contribution < -0.4 is 5.32 Å². The molecule has 0 atom stereocenters. The molecule has 31 heavy (non-hydrogen) atoms. The minimum absolute atomic E-state index is 0.107. The number of rotatable bonds is 7. The van der Waals surface area contributed by atoms with Gasteiger partial charge >= 0.3 is 0 Å². The maximum atomic E-state index is 12.5. The molecule has 160 valence electrons. The molecule has 1 aromatic carbocycles. The van der Waals surface area contributed by atoms with Gasteiger partial charge in [-0.2, -0.15) is 0 Å². The number of halogens is 1. The Balaban J connectivity index is 1.41. The number of anilines is 1. The first-order chi connectivity index (χ1) is 14.9. The van der Waals surface area contributed by atoms with Crippen molar-refractivity contribution in [3.63, 3.8) is 0 Å². The molecule has 0 spiro atoms. The van der Waals surface area contributed by atoms with Crippen LogP contribution in [-0.2, 0) is 4.79 Å². The smallest absolute Gasteiger partial charge is 0.236 e. The zero-order chi connectivity index (χ0) is 22.0. The summed E-state index contributed by atoms with van der Waals surface area (Å²) in [4.78, 5) is 17.0. The van der Waals surface area contributed by atoms with Gasteiger partial charge in [-0.3, -0.25) is 9.36 Å². The number of carbonyl (C=O) groups is 1. The molecule has 3 heterocycles. The van der Waals surface area contributed by atoms with Crippen molar-refractivity contribution in [2.45, 2.75) is 32.0 Å². The third-order valence-corrected chi connectivity index (χ3v) is 6.53. The van der Waals surface area contributed by atoms with Crippen molar-refractivity contribution in [1.82, 2.24) is 19.7 Å². The molecule has 1 N–H and O–H groups in total. The van der Waals surface area contributed by atoms with Gasteiger partial charge in [-0.25, -0.2) is 4.98 Å². The highest BCUT2D eigenvalue weighted by molar-refractivity contribution is 9.10. The third-order valence-electron chi connectivity index (χ3n) is 4.40. The Kier molecular flexibility index (Phi) is 6.59. The molecule has 0 aliphatic carbocycles. The highest BCUT2D eigenvalue weighted by Gasteiger charge is 2.20. The molecule has 0 saturated carbocycles. The standard InChI is InChI=1S/C21H20BrN5O2S2/c1-12(2)27-19(16-8-9-17(22)29-16)25-26-21(27)31-11-18(28)24-20-23-15(10-30-20)14-6-4-13(3)5-7-14/h4-10,12H,11H2,1-3H3,(H,23,24,28). The average molecular weight is 518 g/mol. The van der Waals surface area contributed by atoms with E-state index in [9.17, 15) is 4.79 Å². The first-order valence-electron chi connectivity index (χ1n) is 9.56. The number of hydrogen-bond acceptors (Lipinski definition) is 7. The summed E-state index contributed by atoms with van der Waals surface area (Å²) in [6.45, 7) is 6.12. The van der Waals surface area contributed by atoms with E-state index >= 15 is 0 Å². The summed E-state index contributed by atoms with van der Waals surface area (Å²) in [6.07, 6.45) is 0. The van der Waals surface area contributed by atoms with Crippen LogP contribution in [0.4, 0.5) is 5.13 Å². The van der Waals surface area contributed by atoms with Gasteiger partial charge in [-0.05, 0) is 48.8 Å². The van der Waals surface area contributed by atoms with Crippen molar-refractivity contribution >= 4 is 50.1 Å². The molecular formula is C21H20BrN5O2S2. The topological polar surface area (TPSA) is 85.8 Å². The van der Waals surface area contributed by atoms with Crippen LogP contribution in [0.25, 0.3) is 22.8 Å². The number of hydrogen-bond donors (Lipinski definition) is 1. The minimum atomic E-state index is -0.143. The Morgan fingerprint density at radius 1 is 1.23 bits per heavy atom. The number of thiazole rings is 1. The number of nitrogens with zero attached hydrogens (tertiary/aromatic N) is 4. The molecule has 4 rings (SSSR count). The second-order valence-corrected chi connectivity index (χ2v) is 9.70. The van der Waals surface area contributed by atoms with Crippen LogP contribution >= 0.6 is 39.0 Å². The molecule has 10 heteroatoms. The van der Waals surface area contributed by atoms with E-state index < -0.39 is 0 Å². The van der Waals surface area contributed by atoms with E-state index in [1.165, 1.54) is 28.7 Å². The predicted octanol–water partition coefficient (Wildman–Crippen LogP) is 6.04. The summed E-state index contributed by atoms with van der Waals surface area (Å²) in [6, 6.07) is 11.9. The number of carbonyl (C=O) groups excluding carboxylic acids is 1. The lowest BCUT2D eigenvalue weighted by molar-refractivity contribution is -0.113. The van der Waals surface area contributed by atoms with Crippen LogP contribution in [0.5, 0.6) is 0 Å². The second kappa shape index (κ2) is 9.37. The quantitative estimate of drug-likeness (QED) is 0.300. The fourth-order valence-corrected chi connectivity index (χ4v) is 4.83. The number of aromatic nitrogens is 4. The molecule has 4 aromatic rings. The third kappa shape index (κ3) is 5.08. The molecule has 3 aromatic heterocycles. The maximum absolute atomic E-state index is 12.5. The fraction of sp³-hybridized carbons (Fsp3) is 0.238. The Hall–Kier alpha value is -2.43. The molecule has 0 radical (unpaired) electrons. The van der Waals surface area contributed by atoms with Crippen molar-refractivity contribution < 1.29 is 9.21 Å². The summed E-state index contributed by atoms with van der Waals surface area (Å²) >= 11 is 6.05. The number of benzene rings is 1. The van der Waals surface area contributed by atoms with Crippen molar-refractivity contribution in [3.8, 4) is 22.8 Å². The predicted molar refractivity (Wildman–Crippen MR) is 127 cm³/mol. The van der Waals surface area contributed by atoms with Crippen LogP contribution in [0.3, 0.4) is 0 Å². The highest BCUT2D eigenvalue weighted by Crippen LogP contribution is 2.30. The lowest BCUT2D eigenvalue weighted by Gasteiger charge is -2.12. The van der Waals surface area contributed by atoms with Crippen LogP contribution in [0, 0.1) is 6.92 Å². The van der Waals surface area contributed by atoms with Crippen LogP contribution in [0.2, 0.25) is 0 Å². The fourth-order valence-electron chi connectivity index (χ4n) is 2.92. The molecule has 0 fully saturated rings. The van der Waals surface area contributed by atoms with Crippen LogP contribution in [0.1, 0.15) is 25.5 Å². The van der Waals surface area contributed by atoms with Crippen molar-refractivity contribution in [3.05, 3.63) is 52.0 Å². The van der Waals surface area contributed by atoms with Gasteiger partial charge in [-0.1, -0.05) is 41.6 Å². The Morgan fingerprint density at radius 3 is 2.68 bits per heavy atom. The van der Waals surface area contributed by atoms with Gasteiger partial charge in [-0.15, -0.1) is 21.5 Å². The zero-order valence-corrected chi connectivity index (χ0v) is 20.3.